The van der Waals surface area contributed by atoms with E-state index in [0.29, 0.717) is 0 Å². The first-order valence-corrected chi connectivity index (χ1v) is 5.77. The molecule has 3 atom stereocenters. The van der Waals surface area contributed by atoms with Crippen LogP contribution in [-0.2, 0) is 0 Å². The summed E-state index contributed by atoms with van der Waals surface area (Å²) in [5.74, 6) is 1.62. The van der Waals surface area contributed by atoms with Gasteiger partial charge in [-0.2, -0.15) is 0 Å². The maximum absolute atomic E-state index is 5.76. The lowest BCUT2D eigenvalue weighted by Gasteiger charge is -2.34. The van der Waals surface area contributed by atoms with Crippen LogP contribution in [0.1, 0.15) is 32.6 Å². The molecule has 2 saturated heterocycles. The van der Waals surface area contributed by atoms with Crippen LogP contribution in [0.25, 0.3) is 0 Å². The molecule has 0 aromatic rings. The van der Waals surface area contributed by atoms with E-state index >= 15 is 0 Å². The van der Waals surface area contributed by atoms with Crippen molar-refractivity contribution in [2.75, 3.05) is 19.6 Å². The summed E-state index contributed by atoms with van der Waals surface area (Å²) in [6.07, 6.45) is 5.67. The van der Waals surface area contributed by atoms with E-state index < -0.39 is 0 Å². The molecule has 0 aromatic carbocycles. The van der Waals surface area contributed by atoms with Gasteiger partial charge < -0.3 is 10.6 Å². The first-order chi connectivity index (χ1) is 6.33. The number of rotatable bonds is 2. The van der Waals surface area contributed by atoms with Gasteiger partial charge >= 0.3 is 0 Å². The van der Waals surface area contributed by atoms with Crippen LogP contribution >= 0.6 is 0 Å². The second-order valence-electron chi connectivity index (χ2n) is 4.76. The molecular weight excluding hydrogens is 160 g/mol. The maximum Gasteiger partial charge on any atom is 0.0127 e. The Kier molecular flexibility index (Phi) is 2.89. The molecule has 2 heteroatoms. The quantitative estimate of drug-likeness (QED) is 0.700. The third kappa shape index (κ3) is 1.75. The van der Waals surface area contributed by atoms with Crippen molar-refractivity contribution >= 4 is 0 Å². The molecule has 2 heterocycles. The average Bonchev–Trinajstić information content (AvgIpc) is 2.60. The van der Waals surface area contributed by atoms with Crippen molar-refractivity contribution in [3.8, 4) is 0 Å². The van der Waals surface area contributed by atoms with Gasteiger partial charge in [-0.25, -0.2) is 0 Å². The fourth-order valence-corrected chi connectivity index (χ4v) is 3.13. The summed E-state index contributed by atoms with van der Waals surface area (Å²) >= 11 is 0. The molecule has 0 aliphatic carbocycles. The van der Waals surface area contributed by atoms with Crippen molar-refractivity contribution in [3.63, 3.8) is 0 Å². The van der Waals surface area contributed by atoms with Crippen LogP contribution in [0.5, 0.6) is 0 Å². The summed E-state index contributed by atoms with van der Waals surface area (Å²) < 4.78 is 0. The molecule has 0 amide bonds. The van der Waals surface area contributed by atoms with Crippen molar-refractivity contribution in [3.05, 3.63) is 0 Å². The molecule has 76 valence electrons. The molecule has 0 aromatic heterocycles. The summed E-state index contributed by atoms with van der Waals surface area (Å²) in [5.41, 5.74) is 5.76. The largest absolute Gasteiger partial charge is 0.330 e. The highest BCUT2D eigenvalue weighted by molar-refractivity contribution is 4.91. The molecule has 2 N–H and O–H groups in total. The van der Waals surface area contributed by atoms with Gasteiger partial charge in [-0.15, -0.1) is 0 Å². The molecule has 0 radical (unpaired) electrons. The number of nitrogens with zero attached hydrogens (tertiary/aromatic N) is 1. The zero-order valence-electron chi connectivity index (χ0n) is 8.71. The lowest BCUT2D eigenvalue weighted by molar-refractivity contribution is 0.152. The molecule has 3 unspecified atom stereocenters. The van der Waals surface area contributed by atoms with Crippen molar-refractivity contribution in [2.24, 2.45) is 17.6 Å². The Hall–Kier alpha value is -0.0800. The highest BCUT2D eigenvalue weighted by Crippen LogP contribution is 2.35. The van der Waals surface area contributed by atoms with E-state index in [4.69, 9.17) is 5.73 Å². The third-order valence-electron chi connectivity index (χ3n) is 4.01. The number of hydrogen-bond acceptors (Lipinski definition) is 2. The van der Waals surface area contributed by atoms with Crippen molar-refractivity contribution < 1.29 is 0 Å². The van der Waals surface area contributed by atoms with Gasteiger partial charge in [0.05, 0.1) is 0 Å². The Morgan fingerprint density at radius 3 is 2.92 bits per heavy atom. The normalized spacial score (nSPS) is 37.4. The monoisotopic (exact) mass is 182 g/mol. The van der Waals surface area contributed by atoms with E-state index in [2.05, 4.69) is 11.8 Å². The Balaban J connectivity index is 1.98. The highest BCUT2D eigenvalue weighted by Gasteiger charge is 2.37. The number of hydrogen-bond donors (Lipinski definition) is 1. The smallest absolute Gasteiger partial charge is 0.0127 e. The van der Waals surface area contributed by atoms with Gasteiger partial charge in [-0.3, -0.25) is 0 Å². The van der Waals surface area contributed by atoms with Gasteiger partial charge in [0.2, 0.25) is 0 Å². The topological polar surface area (TPSA) is 29.3 Å². The van der Waals surface area contributed by atoms with Gasteiger partial charge in [0.25, 0.3) is 0 Å². The first kappa shape index (κ1) is 9.47. The SMILES string of the molecule is CC(CN)C1CCN2CCCCC12. The van der Waals surface area contributed by atoms with Crippen LogP contribution < -0.4 is 5.73 Å². The molecule has 0 saturated carbocycles. The summed E-state index contributed by atoms with van der Waals surface area (Å²) in [6, 6.07) is 0.882. The van der Waals surface area contributed by atoms with Crippen LogP contribution in [0.2, 0.25) is 0 Å². The zero-order valence-corrected chi connectivity index (χ0v) is 8.71. The summed E-state index contributed by atoms with van der Waals surface area (Å²) in [4.78, 5) is 2.69. The van der Waals surface area contributed by atoms with Gasteiger partial charge in [0.1, 0.15) is 0 Å². The van der Waals surface area contributed by atoms with Crippen molar-refractivity contribution in [2.45, 2.75) is 38.6 Å². The first-order valence-electron chi connectivity index (χ1n) is 5.77. The molecule has 2 aliphatic heterocycles. The second kappa shape index (κ2) is 3.97. The fraction of sp³-hybridized carbons (Fsp3) is 1.00. The predicted molar refractivity (Wildman–Crippen MR) is 55.5 cm³/mol. The minimum absolute atomic E-state index is 0.730. The van der Waals surface area contributed by atoms with Crippen LogP contribution in [0.4, 0.5) is 0 Å². The third-order valence-corrected chi connectivity index (χ3v) is 4.01. The molecule has 2 aliphatic rings. The number of piperidine rings is 1. The minimum atomic E-state index is 0.730. The van der Waals surface area contributed by atoms with Gasteiger partial charge in [0, 0.05) is 6.04 Å². The Morgan fingerprint density at radius 1 is 1.31 bits per heavy atom. The zero-order chi connectivity index (χ0) is 9.26. The Morgan fingerprint density at radius 2 is 2.15 bits per heavy atom. The van der Waals surface area contributed by atoms with Gasteiger partial charge in [-0.1, -0.05) is 13.3 Å². The summed E-state index contributed by atoms with van der Waals surface area (Å²) in [5, 5.41) is 0. The number of nitrogens with two attached hydrogens (primary N) is 1. The van der Waals surface area contributed by atoms with Crippen molar-refractivity contribution in [1.29, 1.82) is 0 Å². The minimum Gasteiger partial charge on any atom is -0.330 e. The van der Waals surface area contributed by atoms with Crippen molar-refractivity contribution in [1.82, 2.24) is 4.90 Å². The molecule has 13 heavy (non-hydrogen) atoms. The summed E-state index contributed by atoms with van der Waals surface area (Å²) in [7, 11) is 0. The maximum atomic E-state index is 5.76. The van der Waals surface area contributed by atoms with Gasteiger partial charge in [-0.05, 0) is 50.7 Å². The van der Waals surface area contributed by atoms with Crippen LogP contribution in [0.3, 0.4) is 0 Å². The summed E-state index contributed by atoms with van der Waals surface area (Å²) in [6.45, 7) is 5.87. The molecular formula is C11H22N2. The molecule has 2 rings (SSSR count). The predicted octanol–water partition coefficient (Wildman–Crippen LogP) is 1.46. The second-order valence-corrected chi connectivity index (χ2v) is 4.76. The Bertz CT molecular complexity index is 169. The van der Waals surface area contributed by atoms with E-state index in [9.17, 15) is 0 Å². The van der Waals surface area contributed by atoms with Crippen LogP contribution in [0, 0.1) is 11.8 Å². The van der Waals surface area contributed by atoms with Gasteiger partial charge in [0.15, 0.2) is 0 Å². The average molecular weight is 182 g/mol. The fourth-order valence-electron chi connectivity index (χ4n) is 3.13. The number of fused-ring (bicyclic) bond motifs is 1. The van der Waals surface area contributed by atoms with Crippen LogP contribution in [0.15, 0.2) is 0 Å². The molecule has 0 bridgehead atoms. The highest BCUT2D eigenvalue weighted by atomic mass is 15.2. The van der Waals surface area contributed by atoms with E-state index in [-0.39, 0.29) is 0 Å². The van der Waals surface area contributed by atoms with E-state index in [1.807, 2.05) is 0 Å². The van der Waals surface area contributed by atoms with E-state index in [1.165, 1.54) is 38.8 Å². The molecule has 2 fully saturated rings. The lowest BCUT2D eigenvalue weighted by atomic mass is 9.84. The standard InChI is InChI=1S/C11H22N2/c1-9(8-12)10-5-7-13-6-3-2-4-11(10)13/h9-11H,2-8,12H2,1H3. The van der Waals surface area contributed by atoms with E-state index in [0.717, 1.165) is 24.4 Å². The van der Waals surface area contributed by atoms with Crippen LogP contribution in [-0.4, -0.2) is 30.6 Å². The molecule has 2 nitrogen and oxygen atoms in total. The molecule has 0 spiro atoms. The lowest BCUT2D eigenvalue weighted by Crippen LogP contribution is -2.39. The van der Waals surface area contributed by atoms with E-state index in [1.54, 1.807) is 0 Å². The Labute approximate surface area is 81.5 Å².